The van der Waals surface area contributed by atoms with Crippen LogP contribution < -0.4 is 0 Å². The number of aryl methyl sites for hydroxylation is 1. The summed E-state index contributed by atoms with van der Waals surface area (Å²) in [5, 5.41) is 0. The Morgan fingerprint density at radius 1 is 1.42 bits per heavy atom. The minimum Gasteiger partial charge on any atom is -0.230 e. The number of thiazole rings is 1. The fourth-order valence-corrected chi connectivity index (χ4v) is 2.69. The van der Waals surface area contributed by atoms with E-state index in [-0.39, 0.29) is 0 Å². The molecule has 0 aliphatic heterocycles. The molecule has 0 aliphatic rings. The highest BCUT2D eigenvalue weighted by atomic mass is 32.2. The van der Waals surface area contributed by atoms with Gasteiger partial charge >= 0.3 is 0 Å². The van der Waals surface area contributed by atoms with Gasteiger partial charge in [-0.2, -0.15) is 0 Å². The van der Waals surface area contributed by atoms with Crippen LogP contribution in [0.15, 0.2) is 22.5 Å². The van der Waals surface area contributed by atoms with Crippen LogP contribution in [0, 0.1) is 6.92 Å². The van der Waals surface area contributed by atoms with Crippen LogP contribution in [0.2, 0.25) is 0 Å². The van der Waals surface area contributed by atoms with Gasteiger partial charge in [0.1, 0.15) is 0 Å². The summed E-state index contributed by atoms with van der Waals surface area (Å²) in [5.74, 6) is 0. The van der Waals surface area contributed by atoms with E-state index < -0.39 is 0 Å². The second-order valence-corrected chi connectivity index (χ2v) is 4.74. The van der Waals surface area contributed by atoms with Gasteiger partial charge in [0.25, 0.3) is 0 Å². The third-order valence-electron chi connectivity index (χ3n) is 1.70. The SMILES string of the molecule is CSc1nc2ccc(C)cc2s1. The molecule has 0 saturated carbocycles. The molecule has 1 heterocycles. The average molecular weight is 195 g/mol. The maximum Gasteiger partial charge on any atom is 0.150 e. The van der Waals surface area contributed by atoms with Crippen molar-refractivity contribution in [2.24, 2.45) is 0 Å². The number of aromatic nitrogens is 1. The molecule has 0 unspecified atom stereocenters. The largest absolute Gasteiger partial charge is 0.230 e. The van der Waals surface area contributed by atoms with Crippen LogP contribution in [-0.4, -0.2) is 11.2 Å². The fourth-order valence-electron chi connectivity index (χ4n) is 1.10. The third-order valence-corrected chi connectivity index (χ3v) is 3.70. The highest BCUT2D eigenvalue weighted by Gasteiger charge is 2.01. The van der Waals surface area contributed by atoms with Crippen molar-refractivity contribution in [1.82, 2.24) is 4.98 Å². The van der Waals surface area contributed by atoms with Crippen molar-refractivity contribution in [3.63, 3.8) is 0 Å². The molecule has 1 aromatic heterocycles. The van der Waals surface area contributed by atoms with Gasteiger partial charge < -0.3 is 0 Å². The Bertz CT molecular complexity index is 406. The molecule has 0 bridgehead atoms. The molecule has 1 aromatic carbocycles. The molecule has 0 amide bonds. The Balaban J connectivity index is 2.67. The monoisotopic (exact) mass is 195 g/mol. The average Bonchev–Trinajstić information content (AvgIpc) is 2.46. The van der Waals surface area contributed by atoms with E-state index >= 15 is 0 Å². The van der Waals surface area contributed by atoms with E-state index in [4.69, 9.17) is 0 Å². The molecule has 0 saturated heterocycles. The summed E-state index contributed by atoms with van der Waals surface area (Å²) >= 11 is 3.47. The van der Waals surface area contributed by atoms with E-state index in [1.54, 1.807) is 23.1 Å². The summed E-state index contributed by atoms with van der Waals surface area (Å²) in [4.78, 5) is 4.45. The summed E-state index contributed by atoms with van der Waals surface area (Å²) in [6.45, 7) is 2.11. The zero-order valence-corrected chi connectivity index (χ0v) is 8.63. The van der Waals surface area contributed by atoms with Gasteiger partial charge in [-0.05, 0) is 30.9 Å². The van der Waals surface area contributed by atoms with Crippen molar-refractivity contribution < 1.29 is 0 Å². The van der Waals surface area contributed by atoms with E-state index in [0.717, 1.165) is 9.86 Å². The van der Waals surface area contributed by atoms with Crippen molar-refractivity contribution in [3.05, 3.63) is 23.8 Å². The summed E-state index contributed by atoms with van der Waals surface area (Å²) in [7, 11) is 0. The van der Waals surface area contributed by atoms with Gasteiger partial charge in [-0.3, -0.25) is 0 Å². The minimum absolute atomic E-state index is 1.12. The number of nitrogens with zero attached hydrogens (tertiary/aromatic N) is 1. The van der Waals surface area contributed by atoms with E-state index in [0.29, 0.717) is 0 Å². The minimum atomic E-state index is 1.12. The summed E-state index contributed by atoms with van der Waals surface area (Å²) in [6, 6.07) is 6.37. The summed E-state index contributed by atoms with van der Waals surface area (Å²) in [6.07, 6.45) is 2.06. The molecule has 3 heteroatoms. The number of benzene rings is 1. The van der Waals surface area contributed by atoms with Crippen LogP contribution in [0.1, 0.15) is 5.56 Å². The summed E-state index contributed by atoms with van der Waals surface area (Å²) in [5.41, 5.74) is 2.42. The molecule has 0 spiro atoms. The van der Waals surface area contributed by atoms with Crippen molar-refractivity contribution in [2.45, 2.75) is 11.3 Å². The second kappa shape index (κ2) is 3.07. The number of rotatable bonds is 1. The lowest BCUT2D eigenvalue weighted by Crippen LogP contribution is -1.70. The van der Waals surface area contributed by atoms with Crippen LogP contribution in [0.3, 0.4) is 0 Å². The van der Waals surface area contributed by atoms with Crippen LogP contribution in [0.5, 0.6) is 0 Å². The molecule has 0 aliphatic carbocycles. The van der Waals surface area contributed by atoms with Crippen molar-refractivity contribution >= 4 is 33.3 Å². The lowest BCUT2D eigenvalue weighted by molar-refractivity contribution is 1.31. The number of hydrogen-bond acceptors (Lipinski definition) is 3. The van der Waals surface area contributed by atoms with Crippen molar-refractivity contribution in [3.8, 4) is 0 Å². The Kier molecular flexibility index (Phi) is 2.07. The van der Waals surface area contributed by atoms with Crippen molar-refractivity contribution in [1.29, 1.82) is 0 Å². The molecular formula is C9H9NS2. The Morgan fingerprint density at radius 2 is 2.25 bits per heavy atom. The first kappa shape index (κ1) is 8.08. The van der Waals surface area contributed by atoms with Gasteiger partial charge in [0.05, 0.1) is 10.2 Å². The number of thioether (sulfide) groups is 1. The Labute approximate surface area is 79.8 Å². The molecule has 0 atom stereocenters. The molecule has 0 radical (unpaired) electrons. The molecule has 0 N–H and O–H groups in total. The number of fused-ring (bicyclic) bond motifs is 1. The molecular weight excluding hydrogens is 186 g/mol. The molecule has 2 aromatic rings. The summed E-state index contributed by atoms with van der Waals surface area (Å²) < 4.78 is 2.44. The van der Waals surface area contributed by atoms with E-state index in [1.807, 2.05) is 0 Å². The lowest BCUT2D eigenvalue weighted by Gasteiger charge is -1.88. The predicted octanol–water partition coefficient (Wildman–Crippen LogP) is 3.33. The quantitative estimate of drug-likeness (QED) is 0.647. The van der Waals surface area contributed by atoms with Crippen LogP contribution in [0.25, 0.3) is 10.2 Å². The van der Waals surface area contributed by atoms with Crippen LogP contribution in [-0.2, 0) is 0 Å². The van der Waals surface area contributed by atoms with Crippen LogP contribution in [0.4, 0.5) is 0 Å². The molecule has 62 valence electrons. The topological polar surface area (TPSA) is 12.9 Å². The zero-order chi connectivity index (χ0) is 8.55. The molecule has 0 fully saturated rings. The normalized spacial score (nSPS) is 10.8. The van der Waals surface area contributed by atoms with Gasteiger partial charge in [0, 0.05) is 0 Å². The highest BCUT2D eigenvalue weighted by Crippen LogP contribution is 2.28. The lowest BCUT2D eigenvalue weighted by atomic mass is 10.2. The highest BCUT2D eigenvalue weighted by molar-refractivity contribution is 8.00. The molecule has 12 heavy (non-hydrogen) atoms. The first-order chi connectivity index (χ1) is 5.79. The van der Waals surface area contributed by atoms with E-state index in [2.05, 4.69) is 36.4 Å². The smallest absolute Gasteiger partial charge is 0.150 e. The van der Waals surface area contributed by atoms with Crippen molar-refractivity contribution in [2.75, 3.05) is 6.26 Å². The zero-order valence-electron chi connectivity index (χ0n) is 7.00. The molecule has 1 nitrogen and oxygen atoms in total. The van der Waals surface area contributed by atoms with Gasteiger partial charge in [-0.25, -0.2) is 4.98 Å². The first-order valence-corrected chi connectivity index (χ1v) is 5.75. The Hall–Kier alpha value is -0.540. The van der Waals surface area contributed by atoms with Crippen LogP contribution >= 0.6 is 23.1 Å². The fraction of sp³-hybridized carbons (Fsp3) is 0.222. The van der Waals surface area contributed by atoms with E-state index in [9.17, 15) is 0 Å². The first-order valence-electron chi connectivity index (χ1n) is 3.71. The van der Waals surface area contributed by atoms with E-state index in [1.165, 1.54) is 10.3 Å². The molecule has 2 rings (SSSR count). The van der Waals surface area contributed by atoms with Gasteiger partial charge in [-0.1, -0.05) is 17.8 Å². The maximum absolute atomic E-state index is 4.45. The predicted molar refractivity (Wildman–Crippen MR) is 56.1 cm³/mol. The number of hydrogen-bond donors (Lipinski definition) is 0. The second-order valence-electron chi connectivity index (χ2n) is 2.66. The van der Waals surface area contributed by atoms with Gasteiger partial charge in [0.15, 0.2) is 4.34 Å². The van der Waals surface area contributed by atoms with Gasteiger partial charge in [-0.15, -0.1) is 11.3 Å². The maximum atomic E-state index is 4.45. The third kappa shape index (κ3) is 1.34. The van der Waals surface area contributed by atoms with Gasteiger partial charge in [0.2, 0.25) is 0 Å². The Morgan fingerprint density at radius 3 is 3.00 bits per heavy atom. The standard InChI is InChI=1S/C9H9NS2/c1-6-3-4-7-8(5-6)12-9(10-7)11-2/h3-5H,1-2H3.